The largest absolute Gasteiger partial charge is 0.497 e. The van der Waals surface area contributed by atoms with Gasteiger partial charge in [0, 0.05) is 38.2 Å². The van der Waals surface area contributed by atoms with Gasteiger partial charge in [-0.1, -0.05) is 12.1 Å². The van der Waals surface area contributed by atoms with Crippen LogP contribution in [0.25, 0.3) is 0 Å². The molecule has 1 heterocycles. The van der Waals surface area contributed by atoms with Crippen LogP contribution in [0.4, 0.5) is 0 Å². The highest BCUT2D eigenvalue weighted by molar-refractivity contribution is 7.89. The number of nitrogens with zero attached hydrogens (tertiary/aromatic N) is 1. The van der Waals surface area contributed by atoms with Crippen molar-refractivity contribution < 1.29 is 32.2 Å². The fourth-order valence-electron chi connectivity index (χ4n) is 4.05. The van der Waals surface area contributed by atoms with Crippen molar-refractivity contribution in [2.45, 2.75) is 10.8 Å². The zero-order valence-corrected chi connectivity index (χ0v) is 20.1. The standard InChI is InChI=1S/C23H30N2O7S/c1-29-13-12-24-23(26)20-15-25(33(27,28)17-10-8-16(30-2)9-11-17)14-19(20)18-6-5-7-21(31-3)22(18)32-4/h5-11,19-20H,12-15H2,1-4H3,(H,24,26). The molecule has 2 aromatic rings. The Morgan fingerprint density at radius 1 is 1.00 bits per heavy atom. The number of ether oxygens (including phenoxy) is 4. The van der Waals surface area contributed by atoms with Crippen molar-refractivity contribution in [3.63, 3.8) is 0 Å². The van der Waals surface area contributed by atoms with Crippen molar-refractivity contribution in [3.8, 4) is 17.2 Å². The Balaban J connectivity index is 1.97. The average Bonchev–Trinajstić information content (AvgIpc) is 3.30. The van der Waals surface area contributed by atoms with Gasteiger partial charge < -0.3 is 24.3 Å². The molecule has 9 nitrogen and oxygen atoms in total. The molecule has 1 amide bonds. The summed E-state index contributed by atoms with van der Waals surface area (Å²) in [6.45, 7) is 0.858. The molecule has 0 radical (unpaired) electrons. The second-order valence-electron chi connectivity index (χ2n) is 7.58. The van der Waals surface area contributed by atoms with Crippen molar-refractivity contribution >= 4 is 15.9 Å². The molecule has 2 aromatic carbocycles. The van der Waals surface area contributed by atoms with Crippen molar-refractivity contribution in [1.82, 2.24) is 9.62 Å². The van der Waals surface area contributed by atoms with Gasteiger partial charge in [-0.2, -0.15) is 4.31 Å². The summed E-state index contributed by atoms with van der Waals surface area (Å²) in [6, 6.07) is 11.6. The van der Waals surface area contributed by atoms with E-state index in [-0.39, 0.29) is 23.9 Å². The number of methoxy groups -OCH3 is 4. The van der Waals surface area contributed by atoms with Gasteiger partial charge in [0.05, 0.1) is 38.7 Å². The average molecular weight is 479 g/mol. The number of hydrogen-bond acceptors (Lipinski definition) is 7. The number of hydrogen-bond donors (Lipinski definition) is 1. The zero-order valence-electron chi connectivity index (χ0n) is 19.2. The third-order valence-electron chi connectivity index (χ3n) is 5.76. The normalized spacial score (nSPS) is 18.7. The molecule has 1 fully saturated rings. The number of para-hydroxylation sites is 1. The fourth-order valence-corrected chi connectivity index (χ4v) is 5.54. The van der Waals surface area contributed by atoms with Crippen LogP contribution >= 0.6 is 0 Å². The summed E-state index contributed by atoms with van der Waals surface area (Å²) in [5.74, 6) is 0.286. The summed E-state index contributed by atoms with van der Waals surface area (Å²) in [6.07, 6.45) is 0. The van der Waals surface area contributed by atoms with E-state index in [0.717, 1.165) is 5.56 Å². The number of carbonyl (C=O) groups is 1. The van der Waals surface area contributed by atoms with E-state index in [1.54, 1.807) is 31.4 Å². The number of amides is 1. The first-order chi connectivity index (χ1) is 15.9. The number of benzene rings is 2. The monoisotopic (exact) mass is 478 g/mol. The number of nitrogens with one attached hydrogen (secondary N) is 1. The molecular formula is C23H30N2O7S. The summed E-state index contributed by atoms with van der Waals surface area (Å²) in [5.41, 5.74) is 0.719. The van der Waals surface area contributed by atoms with Gasteiger partial charge in [-0.15, -0.1) is 0 Å². The maximum atomic E-state index is 13.4. The lowest BCUT2D eigenvalue weighted by molar-refractivity contribution is -0.125. The van der Waals surface area contributed by atoms with E-state index < -0.39 is 21.9 Å². The molecule has 180 valence electrons. The van der Waals surface area contributed by atoms with Crippen LogP contribution in [-0.4, -0.2) is 73.3 Å². The summed E-state index contributed by atoms with van der Waals surface area (Å²) >= 11 is 0. The number of rotatable bonds is 10. The van der Waals surface area contributed by atoms with Gasteiger partial charge in [-0.25, -0.2) is 8.42 Å². The minimum Gasteiger partial charge on any atom is -0.497 e. The molecule has 0 aliphatic carbocycles. The Kier molecular flexibility index (Phi) is 8.17. The first-order valence-electron chi connectivity index (χ1n) is 10.5. The van der Waals surface area contributed by atoms with E-state index in [2.05, 4.69) is 5.32 Å². The number of carbonyl (C=O) groups excluding carboxylic acids is 1. The predicted molar refractivity (Wildman–Crippen MR) is 122 cm³/mol. The highest BCUT2D eigenvalue weighted by Crippen LogP contribution is 2.43. The number of sulfonamides is 1. The van der Waals surface area contributed by atoms with Gasteiger partial charge in [-0.05, 0) is 30.3 Å². The van der Waals surface area contributed by atoms with Gasteiger partial charge in [0.1, 0.15) is 5.75 Å². The van der Waals surface area contributed by atoms with E-state index in [4.69, 9.17) is 18.9 Å². The minimum atomic E-state index is -3.83. The summed E-state index contributed by atoms with van der Waals surface area (Å²) < 4.78 is 49.3. The molecule has 1 aliphatic heterocycles. The Labute approximate surface area is 194 Å². The van der Waals surface area contributed by atoms with Crippen LogP contribution in [0.5, 0.6) is 17.2 Å². The van der Waals surface area contributed by atoms with Crippen LogP contribution in [0, 0.1) is 5.92 Å². The SMILES string of the molecule is COCCNC(=O)C1CN(S(=O)(=O)c2ccc(OC)cc2)CC1c1cccc(OC)c1OC. The molecule has 0 saturated carbocycles. The van der Waals surface area contributed by atoms with E-state index in [9.17, 15) is 13.2 Å². The first-order valence-corrected chi connectivity index (χ1v) is 11.9. The molecule has 3 rings (SSSR count). The Bertz CT molecular complexity index is 1060. The van der Waals surface area contributed by atoms with Gasteiger partial charge in [0.15, 0.2) is 11.5 Å². The van der Waals surface area contributed by atoms with Gasteiger partial charge >= 0.3 is 0 Å². The third-order valence-corrected chi connectivity index (χ3v) is 7.60. The molecule has 33 heavy (non-hydrogen) atoms. The van der Waals surface area contributed by atoms with E-state index in [0.29, 0.717) is 30.4 Å². The quantitative estimate of drug-likeness (QED) is 0.520. The van der Waals surface area contributed by atoms with Crippen LogP contribution in [-0.2, 0) is 19.6 Å². The Morgan fingerprint density at radius 2 is 1.73 bits per heavy atom. The maximum absolute atomic E-state index is 13.4. The topological polar surface area (TPSA) is 103 Å². The third kappa shape index (κ3) is 5.23. The first kappa shape index (κ1) is 24.8. The van der Waals surface area contributed by atoms with Crippen molar-refractivity contribution in [3.05, 3.63) is 48.0 Å². The Hall–Kier alpha value is -2.82. The lowest BCUT2D eigenvalue weighted by Gasteiger charge is -2.21. The molecule has 0 aromatic heterocycles. The zero-order chi connectivity index (χ0) is 24.0. The second kappa shape index (κ2) is 10.9. The second-order valence-corrected chi connectivity index (χ2v) is 9.52. The van der Waals surface area contributed by atoms with Crippen molar-refractivity contribution in [2.75, 3.05) is 54.7 Å². The molecule has 1 N–H and O–H groups in total. The van der Waals surface area contributed by atoms with E-state index in [1.807, 2.05) is 6.07 Å². The molecular weight excluding hydrogens is 448 g/mol. The van der Waals surface area contributed by atoms with Gasteiger partial charge in [0.25, 0.3) is 0 Å². The van der Waals surface area contributed by atoms with Crippen molar-refractivity contribution in [2.24, 2.45) is 5.92 Å². The van der Waals surface area contributed by atoms with Crippen molar-refractivity contribution in [1.29, 1.82) is 0 Å². The maximum Gasteiger partial charge on any atom is 0.243 e. The molecule has 2 unspecified atom stereocenters. The van der Waals surface area contributed by atoms with E-state index >= 15 is 0 Å². The minimum absolute atomic E-state index is 0.0399. The molecule has 10 heteroatoms. The van der Waals surface area contributed by atoms with Crippen LogP contribution < -0.4 is 19.5 Å². The molecule has 0 spiro atoms. The predicted octanol–water partition coefficient (Wildman–Crippen LogP) is 1.88. The van der Waals surface area contributed by atoms with Crippen LogP contribution in [0.1, 0.15) is 11.5 Å². The smallest absolute Gasteiger partial charge is 0.243 e. The Morgan fingerprint density at radius 3 is 2.33 bits per heavy atom. The van der Waals surface area contributed by atoms with E-state index in [1.165, 1.54) is 37.8 Å². The van der Waals surface area contributed by atoms with Crippen LogP contribution in [0.3, 0.4) is 0 Å². The summed E-state index contributed by atoms with van der Waals surface area (Å²) in [5, 5.41) is 2.84. The summed E-state index contributed by atoms with van der Waals surface area (Å²) in [4.78, 5) is 13.2. The highest BCUT2D eigenvalue weighted by atomic mass is 32.2. The molecule has 0 bridgehead atoms. The summed E-state index contributed by atoms with van der Waals surface area (Å²) in [7, 11) is 2.29. The van der Waals surface area contributed by atoms with Gasteiger partial charge in [-0.3, -0.25) is 4.79 Å². The molecule has 1 saturated heterocycles. The lowest BCUT2D eigenvalue weighted by atomic mass is 9.87. The van der Waals surface area contributed by atoms with Crippen LogP contribution in [0.2, 0.25) is 0 Å². The molecule has 2 atom stereocenters. The van der Waals surface area contributed by atoms with Crippen LogP contribution in [0.15, 0.2) is 47.4 Å². The lowest BCUT2D eigenvalue weighted by Crippen LogP contribution is -2.37. The highest BCUT2D eigenvalue weighted by Gasteiger charge is 2.44. The molecule has 1 aliphatic rings. The fraction of sp³-hybridized carbons (Fsp3) is 0.435. The van der Waals surface area contributed by atoms with Gasteiger partial charge in [0.2, 0.25) is 15.9 Å².